The van der Waals surface area contributed by atoms with Crippen molar-refractivity contribution in [2.45, 2.75) is 19.9 Å². The zero-order chi connectivity index (χ0) is 21.8. The van der Waals surface area contributed by atoms with Crippen LogP contribution in [0, 0.1) is 11.7 Å². The number of carbonyl (C=O) groups is 1. The molecule has 1 atom stereocenters. The Morgan fingerprint density at radius 2 is 2.07 bits per heavy atom. The molecule has 1 amide bonds. The van der Waals surface area contributed by atoms with Gasteiger partial charge in [-0.15, -0.1) is 0 Å². The first-order valence-corrected chi connectivity index (χ1v) is 10.4. The third-order valence-electron chi connectivity index (χ3n) is 5.49. The summed E-state index contributed by atoms with van der Waals surface area (Å²) in [6.07, 6.45) is 0.675. The summed E-state index contributed by atoms with van der Waals surface area (Å²) in [5.74, 6) is -0.696. The smallest absolute Gasteiger partial charge is 0.236 e. The summed E-state index contributed by atoms with van der Waals surface area (Å²) in [6, 6.07) is 12.3. The zero-order valence-electron chi connectivity index (χ0n) is 17.4. The lowest BCUT2D eigenvalue weighted by molar-refractivity contribution is -0.119. The van der Waals surface area contributed by atoms with Crippen LogP contribution < -0.4 is 10.2 Å². The van der Waals surface area contributed by atoms with Crippen LogP contribution in [0.5, 0.6) is 0 Å². The first-order valence-electron chi connectivity index (χ1n) is 9.99. The monoisotopic (exact) mass is 427 g/mol. The predicted molar refractivity (Wildman–Crippen MR) is 122 cm³/mol. The Hall–Kier alpha value is -2.79. The Morgan fingerprint density at radius 3 is 2.77 bits per heavy atom. The third-order valence-corrected chi connectivity index (χ3v) is 5.71. The Morgan fingerprint density at radius 1 is 1.30 bits per heavy atom. The summed E-state index contributed by atoms with van der Waals surface area (Å²) in [6.45, 7) is 12.1. The summed E-state index contributed by atoms with van der Waals surface area (Å²) in [7, 11) is 1.99. The molecule has 1 aliphatic heterocycles. The predicted octanol–water partition coefficient (Wildman–Crippen LogP) is 5.06. The van der Waals surface area contributed by atoms with Crippen molar-refractivity contribution in [2.24, 2.45) is 5.92 Å². The molecule has 0 bridgehead atoms. The first kappa shape index (κ1) is 21.9. The van der Waals surface area contributed by atoms with Crippen molar-refractivity contribution in [3.8, 4) is 0 Å². The maximum absolute atomic E-state index is 13.5. The second-order valence-electron chi connectivity index (χ2n) is 7.50. The molecule has 158 valence electrons. The Balaban J connectivity index is 1.67. The average molecular weight is 428 g/mol. The first-order chi connectivity index (χ1) is 14.3. The minimum Gasteiger partial charge on any atom is -0.384 e. The highest BCUT2D eigenvalue weighted by Crippen LogP contribution is 2.30. The Labute approximate surface area is 182 Å². The van der Waals surface area contributed by atoms with E-state index in [0.29, 0.717) is 35.8 Å². The van der Waals surface area contributed by atoms with Crippen molar-refractivity contribution < 1.29 is 9.18 Å². The van der Waals surface area contributed by atoms with Crippen LogP contribution >= 0.6 is 11.6 Å². The Kier molecular flexibility index (Phi) is 6.83. The van der Waals surface area contributed by atoms with Gasteiger partial charge in [0.15, 0.2) is 0 Å². The van der Waals surface area contributed by atoms with Gasteiger partial charge in [-0.1, -0.05) is 36.9 Å². The van der Waals surface area contributed by atoms with Crippen LogP contribution in [-0.2, 0) is 11.3 Å². The summed E-state index contributed by atoms with van der Waals surface area (Å²) in [5, 5.41) is 3.51. The number of nitrogens with zero attached hydrogens (tertiary/aromatic N) is 2. The van der Waals surface area contributed by atoms with E-state index in [0.717, 1.165) is 23.5 Å². The molecule has 6 heteroatoms. The molecule has 0 aromatic heterocycles. The van der Waals surface area contributed by atoms with Gasteiger partial charge in [0.2, 0.25) is 5.91 Å². The molecular formula is C24H27ClFN3O. The molecule has 2 aromatic carbocycles. The average Bonchev–Trinajstić information content (AvgIpc) is 3.11. The SMILES string of the molecule is C=C(NCc1cc(F)cc(Cl)c1)C1CCN(c2cccc(C(=C)N(C)CC)c2)C1=O. The molecule has 1 N–H and O–H groups in total. The molecule has 1 fully saturated rings. The highest BCUT2D eigenvalue weighted by molar-refractivity contribution is 6.30. The van der Waals surface area contributed by atoms with E-state index in [2.05, 4.69) is 30.3 Å². The lowest BCUT2D eigenvalue weighted by Gasteiger charge is -2.22. The quantitative estimate of drug-likeness (QED) is 0.639. The molecular weight excluding hydrogens is 401 g/mol. The van der Waals surface area contributed by atoms with Crippen molar-refractivity contribution in [3.63, 3.8) is 0 Å². The van der Waals surface area contributed by atoms with Crippen molar-refractivity contribution in [1.82, 2.24) is 10.2 Å². The second-order valence-corrected chi connectivity index (χ2v) is 7.94. The van der Waals surface area contributed by atoms with Gasteiger partial charge in [-0.2, -0.15) is 0 Å². The fourth-order valence-corrected chi connectivity index (χ4v) is 3.82. The normalized spacial score (nSPS) is 15.9. The van der Waals surface area contributed by atoms with Crippen molar-refractivity contribution in [1.29, 1.82) is 0 Å². The zero-order valence-corrected chi connectivity index (χ0v) is 18.2. The highest BCUT2D eigenvalue weighted by Gasteiger charge is 2.34. The summed E-state index contributed by atoms with van der Waals surface area (Å²) < 4.78 is 13.5. The van der Waals surface area contributed by atoms with E-state index in [1.165, 1.54) is 12.1 Å². The van der Waals surface area contributed by atoms with E-state index in [1.54, 1.807) is 11.0 Å². The van der Waals surface area contributed by atoms with E-state index in [4.69, 9.17) is 11.6 Å². The molecule has 0 spiro atoms. The van der Waals surface area contributed by atoms with E-state index in [9.17, 15) is 9.18 Å². The molecule has 3 rings (SSSR count). The molecule has 1 aliphatic rings. The van der Waals surface area contributed by atoms with Gasteiger partial charge in [0.05, 0.1) is 5.92 Å². The molecule has 1 unspecified atom stereocenters. The number of anilines is 1. The molecule has 1 saturated heterocycles. The molecule has 30 heavy (non-hydrogen) atoms. The summed E-state index contributed by atoms with van der Waals surface area (Å²) in [4.78, 5) is 16.9. The minimum absolute atomic E-state index is 0.0105. The van der Waals surface area contributed by atoms with Crippen molar-refractivity contribution in [2.75, 3.05) is 25.0 Å². The number of halogens is 2. The van der Waals surface area contributed by atoms with Crippen LogP contribution in [-0.4, -0.2) is 30.9 Å². The minimum atomic E-state index is -0.386. The number of amides is 1. The van der Waals surface area contributed by atoms with Gasteiger partial charge in [-0.05, 0) is 54.8 Å². The van der Waals surface area contributed by atoms with Gasteiger partial charge in [-0.25, -0.2) is 4.39 Å². The van der Waals surface area contributed by atoms with Gasteiger partial charge < -0.3 is 15.1 Å². The van der Waals surface area contributed by atoms with Crippen molar-refractivity contribution in [3.05, 3.63) is 83.3 Å². The van der Waals surface area contributed by atoms with Crippen LogP contribution in [0.1, 0.15) is 24.5 Å². The maximum Gasteiger partial charge on any atom is 0.236 e. The largest absolute Gasteiger partial charge is 0.384 e. The van der Waals surface area contributed by atoms with Gasteiger partial charge in [0.1, 0.15) is 5.82 Å². The van der Waals surface area contributed by atoms with Gasteiger partial charge in [0.25, 0.3) is 0 Å². The standard InChI is InChI=1S/C24H27ClFN3O/c1-5-28(4)17(3)19-7-6-8-22(13-19)29-10-9-23(24(29)30)16(2)27-15-18-11-20(25)14-21(26)12-18/h6-8,11-14,23,27H,2-3,5,9-10,15H2,1,4H3. The molecule has 0 radical (unpaired) electrons. The number of nitrogens with one attached hydrogen (secondary N) is 1. The van der Waals surface area contributed by atoms with E-state index < -0.39 is 0 Å². The van der Waals surface area contributed by atoms with Crippen LogP contribution in [0.25, 0.3) is 5.70 Å². The number of hydrogen-bond acceptors (Lipinski definition) is 3. The maximum atomic E-state index is 13.5. The van der Waals surface area contributed by atoms with Crippen LogP contribution in [0.15, 0.2) is 61.3 Å². The van der Waals surface area contributed by atoms with Crippen LogP contribution in [0.3, 0.4) is 0 Å². The highest BCUT2D eigenvalue weighted by atomic mass is 35.5. The topological polar surface area (TPSA) is 35.6 Å². The lowest BCUT2D eigenvalue weighted by atomic mass is 10.0. The molecule has 2 aromatic rings. The molecule has 0 aliphatic carbocycles. The third kappa shape index (κ3) is 4.85. The molecule has 1 heterocycles. The molecule has 0 saturated carbocycles. The number of rotatable bonds is 8. The second kappa shape index (κ2) is 9.35. The van der Waals surface area contributed by atoms with Gasteiger partial charge in [-0.3, -0.25) is 4.79 Å². The van der Waals surface area contributed by atoms with E-state index in [-0.39, 0.29) is 17.6 Å². The summed E-state index contributed by atoms with van der Waals surface area (Å²) >= 11 is 5.91. The summed E-state index contributed by atoms with van der Waals surface area (Å²) in [5.41, 5.74) is 4.11. The van der Waals surface area contributed by atoms with Crippen molar-refractivity contribution >= 4 is 28.9 Å². The molecule has 4 nitrogen and oxygen atoms in total. The van der Waals surface area contributed by atoms with Gasteiger partial charge in [0, 0.05) is 48.8 Å². The fourth-order valence-electron chi connectivity index (χ4n) is 3.58. The Bertz CT molecular complexity index is 954. The van der Waals surface area contributed by atoms with Crippen LogP contribution in [0.2, 0.25) is 5.02 Å². The van der Waals surface area contributed by atoms with E-state index >= 15 is 0 Å². The lowest BCUT2D eigenvalue weighted by Crippen LogP contribution is -2.30. The number of benzene rings is 2. The number of carbonyl (C=O) groups excluding carboxylic acids is 1. The van der Waals surface area contributed by atoms with Gasteiger partial charge >= 0.3 is 0 Å². The fraction of sp³-hybridized carbons (Fsp3) is 0.292. The number of hydrogen-bond donors (Lipinski definition) is 1. The van der Waals surface area contributed by atoms with Crippen LogP contribution in [0.4, 0.5) is 10.1 Å². The van der Waals surface area contributed by atoms with E-state index in [1.807, 2.05) is 31.3 Å².